The number of rotatable bonds is 6. The van der Waals surface area contributed by atoms with Gasteiger partial charge in [-0.05, 0) is 41.9 Å². The third-order valence-electron chi connectivity index (χ3n) is 5.07. The summed E-state index contributed by atoms with van der Waals surface area (Å²) >= 11 is 6.13. The number of amides is 2. The lowest BCUT2D eigenvalue weighted by Crippen LogP contribution is -2.19. The predicted molar refractivity (Wildman–Crippen MR) is 135 cm³/mol. The van der Waals surface area contributed by atoms with Crippen LogP contribution < -0.4 is 25.4 Å². The van der Waals surface area contributed by atoms with E-state index < -0.39 is 6.03 Å². The molecular weight excluding hydrogens is 472 g/mol. The summed E-state index contributed by atoms with van der Waals surface area (Å²) in [4.78, 5) is 20.9. The molecule has 182 valence electrons. The molecule has 0 aliphatic carbocycles. The fourth-order valence-corrected chi connectivity index (χ4v) is 3.44. The second kappa shape index (κ2) is 9.67. The molecule has 0 aliphatic rings. The quantitative estimate of drug-likeness (QED) is 0.279. The van der Waals surface area contributed by atoms with Gasteiger partial charge in [-0.25, -0.2) is 9.78 Å². The number of ether oxygens (including phenoxy) is 2. The van der Waals surface area contributed by atoms with Gasteiger partial charge >= 0.3 is 6.03 Å². The Labute approximate surface area is 207 Å². The highest BCUT2D eigenvalue weighted by molar-refractivity contribution is 6.28. The second-order valence-corrected chi connectivity index (χ2v) is 9.01. The largest absolute Gasteiger partial charge is 0.493 e. The first kappa shape index (κ1) is 24.1. The summed E-state index contributed by atoms with van der Waals surface area (Å²) in [5.41, 5.74) is 1.71. The molecule has 4 aromatic rings. The summed E-state index contributed by atoms with van der Waals surface area (Å²) in [7, 11) is 3.11. The standard InChI is InChI=1S/C24H25ClN6O4/c1-24(2,3)19-12-20(31-35-19)29-23(32)27-14-8-6-13(7-9-14)26-21-15-10-17(33-4)18(34-5)11-16(15)28-22(25)30-21/h6-12H,1-5H3,(H,26,28,30)(H2,27,29,31,32). The van der Waals surface area contributed by atoms with E-state index in [-0.39, 0.29) is 10.7 Å². The van der Waals surface area contributed by atoms with Crippen LogP contribution in [0.15, 0.2) is 47.0 Å². The predicted octanol–water partition coefficient (Wildman–Crippen LogP) is 5.97. The Bertz CT molecular complexity index is 1370. The monoisotopic (exact) mass is 496 g/mol. The molecule has 0 saturated carbocycles. The molecule has 3 N–H and O–H groups in total. The van der Waals surface area contributed by atoms with E-state index in [0.717, 1.165) is 5.69 Å². The summed E-state index contributed by atoms with van der Waals surface area (Å²) in [6, 6.07) is 11.9. The van der Waals surface area contributed by atoms with Crippen LogP contribution in [0.1, 0.15) is 26.5 Å². The minimum atomic E-state index is -0.436. The SMILES string of the molecule is COc1cc2nc(Cl)nc(Nc3ccc(NC(=O)Nc4cc(C(C)(C)C)on4)cc3)c2cc1OC. The summed E-state index contributed by atoms with van der Waals surface area (Å²) < 4.78 is 16.0. The van der Waals surface area contributed by atoms with E-state index in [1.54, 1.807) is 56.7 Å². The van der Waals surface area contributed by atoms with Crippen molar-refractivity contribution in [2.45, 2.75) is 26.2 Å². The zero-order valence-electron chi connectivity index (χ0n) is 19.9. The van der Waals surface area contributed by atoms with Crippen molar-refractivity contribution in [1.82, 2.24) is 15.1 Å². The number of benzene rings is 2. The van der Waals surface area contributed by atoms with Crippen molar-refractivity contribution in [3.8, 4) is 11.5 Å². The lowest BCUT2D eigenvalue weighted by Gasteiger charge is -2.13. The highest BCUT2D eigenvalue weighted by Gasteiger charge is 2.20. The van der Waals surface area contributed by atoms with Crippen molar-refractivity contribution in [2.75, 3.05) is 30.2 Å². The molecule has 4 rings (SSSR count). The molecule has 0 saturated heterocycles. The molecule has 0 aliphatic heterocycles. The highest BCUT2D eigenvalue weighted by atomic mass is 35.5. The first-order valence-electron chi connectivity index (χ1n) is 10.7. The molecule has 0 bridgehead atoms. The van der Waals surface area contributed by atoms with Gasteiger partial charge in [-0.3, -0.25) is 5.32 Å². The van der Waals surface area contributed by atoms with Gasteiger partial charge in [0.2, 0.25) is 5.28 Å². The molecule has 35 heavy (non-hydrogen) atoms. The smallest absolute Gasteiger partial charge is 0.324 e. The van der Waals surface area contributed by atoms with Gasteiger partial charge in [0.05, 0.1) is 19.7 Å². The van der Waals surface area contributed by atoms with Crippen molar-refractivity contribution >= 4 is 51.5 Å². The Hall–Kier alpha value is -4.05. The van der Waals surface area contributed by atoms with Gasteiger partial charge in [0, 0.05) is 34.3 Å². The van der Waals surface area contributed by atoms with Gasteiger partial charge in [0.15, 0.2) is 17.3 Å². The number of carbonyl (C=O) groups is 1. The molecule has 0 unspecified atom stereocenters. The maximum atomic E-state index is 12.3. The Morgan fingerprint density at radius 3 is 2.23 bits per heavy atom. The minimum absolute atomic E-state index is 0.0876. The van der Waals surface area contributed by atoms with E-state index >= 15 is 0 Å². The molecule has 10 nitrogen and oxygen atoms in total. The van der Waals surface area contributed by atoms with E-state index in [0.29, 0.717) is 45.5 Å². The summed E-state index contributed by atoms with van der Waals surface area (Å²) in [6.45, 7) is 6.00. The lowest BCUT2D eigenvalue weighted by atomic mass is 9.93. The summed E-state index contributed by atoms with van der Waals surface area (Å²) in [5.74, 6) is 2.60. The van der Waals surface area contributed by atoms with Gasteiger partial charge in [0.1, 0.15) is 11.6 Å². The lowest BCUT2D eigenvalue weighted by molar-refractivity contribution is 0.262. The average molecular weight is 497 g/mol. The Balaban J connectivity index is 1.47. The van der Waals surface area contributed by atoms with Crippen molar-refractivity contribution < 1.29 is 18.8 Å². The molecule has 2 aromatic carbocycles. The number of carbonyl (C=O) groups excluding carboxylic acids is 1. The number of halogens is 1. The zero-order chi connectivity index (χ0) is 25.2. The van der Waals surface area contributed by atoms with Crippen LogP contribution in [0.5, 0.6) is 11.5 Å². The molecule has 0 fully saturated rings. The zero-order valence-corrected chi connectivity index (χ0v) is 20.6. The Morgan fingerprint density at radius 2 is 1.60 bits per heavy atom. The van der Waals surface area contributed by atoms with Gasteiger partial charge < -0.3 is 24.6 Å². The second-order valence-electron chi connectivity index (χ2n) is 8.67. The van der Waals surface area contributed by atoms with Crippen LogP contribution in [-0.4, -0.2) is 35.4 Å². The molecule has 2 aromatic heterocycles. The van der Waals surface area contributed by atoms with Crippen LogP contribution in [0.25, 0.3) is 10.9 Å². The van der Waals surface area contributed by atoms with E-state index in [1.807, 2.05) is 20.8 Å². The topological polar surface area (TPSA) is 123 Å². The van der Waals surface area contributed by atoms with Gasteiger partial charge in [-0.2, -0.15) is 4.98 Å². The van der Waals surface area contributed by atoms with Crippen LogP contribution in [0.2, 0.25) is 5.28 Å². The first-order valence-corrected chi connectivity index (χ1v) is 11.1. The number of fused-ring (bicyclic) bond motifs is 1. The fourth-order valence-electron chi connectivity index (χ4n) is 3.26. The van der Waals surface area contributed by atoms with E-state index in [4.69, 9.17) is 25.6 Å². The molecule has 0 atom stereocenters. The molecule has 0 spiro atoms. The Morgan fingerprint density at radius 1 is 0.943 bits per heavy atom. The molecule has 2 amide bonds. The van der Waals surface area contributed by atoms with Crippen molar-refractivity contribution in [3.63, 3.8) is 0 Å². The van der Waals surface area contributed by atoms with Crippen LogP contribution in [0.4, 0.5) is 27.8 Å². The van der Waals surface area contributed by atoms with Crippen LogP contribution in [-0.2, 0) is 5.41 Å². The van der Waals surface area contributed by atoms with Crippen LogP contribution in [0.3, 0.4) is 0 Å². The van der Waals surface area contributed by atoms with Gasteiger partial charge in [0.25, 0.3) is 0 Å². The molecule has 11 heteroatoms. The normalized spacial score (nSPS) is 11.3. The number of nitrogens with one attached hydrogen (secondary N) is 3. The summed E-state index contributed by atoms with van der Waals surface area (Å²) in [5, 5.41) is 13.3. The summed E-state index contributed by atoms with van der Waals surface area (Å²) in [6.07, 6.45) is 0. The number of urea groups is 1. The van der Waals surface area contributed by atoms with E-state index in [9.17, 15) is 4.79 Å². The average Bonchev–Trinajstić information content (AvgIpc) is 3.28. The number of hydrogen-bond donors (Lipinski definition) is 3. The number of methoxy groups -OCH3 is 2. The van der Waals surface area contributed by atoms with Gasteiger partial charge in [-0.1, -0.05) is 25.9 Å². The first-order chi connectivity index (χ1) is 16.7. The maximum Gasteiger partial charge on any atom is 0.324 e. The number of nitrogens with zero attached hydrogens (tertiary/aromatic N) is 3. The maximum absolute atomic E-state index is 12.3. The number of hydrogen-bond acceptors (Lipinski definition) is 8. The molecular formula is C24H25ClN6O4. The van der Waals surface area contributed by atoms with Crippen molar-refractivity contribution in [2.24, 2.45) is 0 Å². The number of anilines is 4. The van der Waals surface area contributed by atoms with E-state index in [1.165, 1.54) is 0 Å². The Kier molecular flexibility index (Phi) is 6.65. The van der Waals surface area contributed by atoms with Crippen molar-refractivity contribution in [3.05, 3.63) is 53.5 Å². The molecule has 2 heterocycles. The van der Waals surface area contributed by atoms with Crippen LogP contribution >= 0.6 is 11.6 Å². The van der Waals surface area contributed by atoms with Crippen LogP contribution in [0, 0.1) is 0 Å². The third kappa shape index (κ3) is 5.55. The minimum Gasteiger partial charge on any atom is -0.493 e. The van der Waals surface area contributed by atoms with Gasteiger partial charge in [-0.15, -0.1) is 0 Å². The third-order valence-corrected chi connectivity index (χ3v) is 5.24. The fraction of sp³-hybridized carbons (Fsp3) is 0.250. The molecule has 0 radical (unpaired) electrons. The van der Waals surface area contributed by atoms with Crippen molar-refractivity contribution in [1.29, 1.82) is 0 Å². The van der Waals surface area contributed by atoms with E-state index in [2.05, 4.69) is 31.1 Å². The highest BCUT2D eigenvalue weighted by Crippen LogP contribution is 2.35. The number of aromatic nitrogens is 3.